The van der Waals surface area contributed by atoms with Gasteiger partial charge in [-0.2, -0.15) is 4.52 Å². The van der Waals surface area contributed by atoms with E-state index in [2.05, 4.69) is 30.8 Å². The van der Waals surface area contributed by atoms with Crippen molar-refractivity contribution in [1.82, 2.24) is 34.9 Å². The van der Waals surface area contributed by atoms with Gasteiger partial charge >= 0.3 is 0 Å². The molecule has 0 saturated carbocycles. The van der Waals surface area contributed by atoms with Gasteiger partial charge in [0.05, 0.1) is 22.6 Å². The van der Waals surface area contributed by atoms with Gasteiger partial charge in [0, 0.05) is 19.7 Å². The predicted octanol–water partition coefficient (Wildman–Crippen LogP) is 3.33. The highest BCUT2D eigenvalue weighted by atomic mass is 19.3. The Kier molecular flexibility index (Phi) is 5.36. The van der Waals surface area contributed by atoms with E-state index in [1.54, 1.807) is 34.0 Å². The molecule has 32 heavy (non-hydrogen) atoms. The van der Waals surface area contributed by atoms with E-state index in [9.17, 15) is 18.0 Å². The van der Waals surface area contributed by atoms with Crippen LogP contribution in [0.25, 0.3) is 16.7 Å². The number of hydrogen-bond acceptors (Lipinski definition) is 7. The Labute approximate surface area is 180 Å². The molecule has 3 aromatic heterocycles. The number of fused-ring (bicyclic) bond motifs is 3. The highest BCUT2D eigenvalue weighted by Gasteiger charge is 2.23. The lowest BCUT2D eigenvalue weighted by molar-refractivity contribution is 0.0829. The molecule has 1 amide bonds. The quantitative estimate of drug-likeness (QED) is 0.504. The number of hydrogen-bond donors (Lipinski definition) is 1. The van der Waals surface area contributed by atoms with Gasteiger partial charge in [0.15, 0.2) is 11.3 Å². The van der Waals surface area contributed by atoms with Crippen LogP contribution in [0.15, 0.2) is 24.3 Å². The van der Waals surface area contributed by atoms with Gasteiger partial charge in [-0.1, -0.05) is 18.2 Å². The largest absolute Gasteiger partial charge is 0.363 e. The molecule has 0 bridgehead atoms. The fraction of sp³-hybridized carbons (Fsp3) is 0.300. The normalized spacial score (nSPS) is 12.5. The maximum Gasteiger partial charge on any atom is 0.266 e. The number of aromatic nitrogens is 6. The van der Waals surface area contributed by atoms with E-state index >= 15 is 0 Å². The fourth-order valence-electron chi connectivity index (χ4n) is 3.43. The Morgan fingerprint density at radius 2 is 1.88 bits per heavy atom. The summed E-state index contributed by atoms with van der Waals surface area (Å²) in [5.41, 5.74) is 0.171. The first-order valence-corrected chi connectivity index (χ1v) is 9.63. The first-order valence-electron chi connectivity index (χ1n) is 9.63. The molecule has 1 atom stereocenters. The van der Waals surface area contributed by atoms with Crippen molar-refractivity contribution in [1.29, 1.82) is 0 Å². The van der Waals surface area contributed by atoms with E-state index in [1.807, 2.05) is 0 Å². The summed E-state index contributed by atoms with van der Waals surface area (Å²) in [6, 6.07) is 4.69. The summed E-state index contributed by atoms with van der Waals surface area (Å²) < 4.78 is 42.2. The molecule has 0 spiro atoms. The molecular formula is C20H19F3N8O. The molecule has 166 valence electrons. The van der Waals surface area contributed by atoms with Crippen molar-refractivity contribution >= 4 is 28.4 Å². The van der Waals surface area contributed by atoms with E-state index in [-0.39, 0.29) is 28.5 Å². The number of alkyl halides is 2. The molecule has 4 rings (SSSR count). The van der Waals surface area contributed by atoms with Crippen molar-refractivity contribution in [3.8, 4) is 0 Å². The Morgan fingerprint density at radius 3 is 2.56 bits per heavy atom. The topological polar surface area (TPSA) is 101 Å². The third-order valence-electron chi connectivity index (χ3n) is 4.99. The second kappa shape index (κ2) is 8.02. The van der Waals surface area contributed by atoms with Crippen LogP contribution < -0.4 is 5.32 Å². The summed E-state index contributed by atoms with van der Waals surface area (Å²) in [5.74, 6) is -0.657. The summed E-state index contributed by atoms with van der Waals surface area (Å²) >= 11 is 0. The number of aryl methyl sites for hydroxylation is 1. The minimum absolute atomic E-state index is 0.0558. The minimum Gasteiger partial charge on any atom is -0.363 e. The lowest BCUT2D eigenvalue weighted by Crippen LogP contribution is -2.23. The summed E-state index contributed by atoms with van der Waals surface area (Å²) in [4.78, 5) is 22.9. The summed E-state index contributed by atoms with van der Waals surface area (Å²) in [7, 11) is 3.19. The van der Waals surface area contributed by atoms with Crippen molar-refractivity contribution in [2.75, 3.05) is 19.4 Å². The highest BCUT2D eigenvalue weighted by molar-refractivity contribution is 6.04. The molecule has 1 N–H and O–H groups in total. The molecular weight excluding hydrogens is 425 g/mol. The van der Waals surface area contributed by atoms with E-state index in [0.29, 0.717) is 16.9 Å². The maximum absolute atomic E-state index is 14.7. The predicted molar refractivity (Wildman–Crippen MR) is 110 cm³/mol. The van der Waals surface area contributed by atoms with Gasteiger partial charge in [0.2, 0.25) is 0 Å². The van der Waals surface area contributed by atoms with E-state index in [0.717, 1.165) is 6.07 Å². The molecule has 0 unspecified atom stereocenters. The van der Waals surface area contributed by atoms with Gasteiger partial charge in [-0.3, -0.25) is 4.79 Å². The number of amides is 1. The van der Waals surface area contributed by atoms with Gasteiger partial charge in [0.25, 0.3) is 12.3 Å². The minimum atomic E-state index is -2.93. The smallest absolute Gasteiger partial charge is 0.266 e. The van der Waals surface area contributed by atoms with Crippen LogP contribution in [0.1, 0.15) is 46.7 Å². The van der Waals surface area contributed by atoms with Gasteiger partial charge in [-0.15, -0.1) is 5.10 Å². The molecule has 0 aliphatic rings. The van der Waals surface area contributed by atoms with Gasteiger partial charge in [-0.05, 0) is 30.3 Å². The van der Waals surface area contributed by atoms with Crippen LogP contribution in [0.2, 0.25) is 0 Å². The number of anilines is 1. The van der Waals surface area contributed by atoms with Crippen molar-refractivity contribution in [2.24, 2.45) is 0 Å². The third-order valence-corrected chi connectivity index (χ3v) is 4.99. The van der Waals surface area contributed by atoms with Crippen LogP contribution >= 0.6 is 0 Å². The Morgan fingerprint density at radius 1 is 1.16 bits per heavy atom. The fourth-order valence-corrected chi connectivity index (χ4v) is 3.43. The van der Waals surface area contributed by atoms with Gasteiger partial charge in [0.1, 0.15) is 17.5 Å². The zero-order valence-corrected chi connectivity index (χ0v) is 17.6. The average Bonchev–Trinajstić information content (AvgIpc) is 3.23. The molecule has 12 heteroatoms. The zero-order chi connectivity index (χ0) is 23.2. The van der Waals surface area contributed by atoms with Crippen LogP contribution in [-0.2, 0) is 0 Å². The molecule has 4 aromatic rings. The number of nitrogens with one attached hydrogen (secondary N) is 1. The number of carbonyl (C=O) groups is 1. The third kappa shape index (κ3) is 3.57. The van der Waals surface area contributed by atoms with E-state index < -0.39 is 23.8 Å². The van der Waals surface area contributed by atoms with Crippen molar-refractivity contribution in [3.05, 3.63) is 52.6 Å². The number of rotatable bonds is 5. The number of benzene rings is 1. The molecule has 0 radical (unpaired) electrons. The number of carbonyl (C=O) groups excluding carboxylic acids is 1. The van der Waals surface area contributed by atoms with E-state index in [1.165, 1.54) is 21.5 Å². The van der Waals surface area contributed by atoms with Crippen molar-refractivity contribution in [3.63, 3.8) is 0 Å². The standard InChI is InChI=1S/C20H19F3N8O/c1-9(11-6-5-7-12(15(11)21)16(22)23)24-17-13-8-14(20(32)30(3)4)19-27-28-29-31(19)18(13)26-10(2)25-17/h5-9,16H,1-4H3,(H,24,25,26)/t9-/m1/s1. The number of halogens is 3. The summed E-state index contributed by atoms with van der Waals surface area (Å²) in [5, 5.41) is 15.0. The molecule has 0 fully saturated rings. The number of nitrogens with zero attached hydrogens (tertiary/aromatic N) is 7. The molecule has 9 nitrogen and oxygen atoms in total. The van der Waals surface area contributed by atoms with Crippen molar-refractivity contribution < 1.29 is 18.0 Å². The highest BCUT2D eigenvalue weighted by Crippen LogP contribution is 2.31. The maximum atomic E-state index is 14.7. The van der Waals surface area contributed by atoms with Crippen LogP contribution in [0.5, 0.6) is 0 Å². The molecule has 0 aliphatic heterocycles. The van der Waals surface area contributed by atoms with E-state index in [4.69, 9.17) is 0 Å². The zero-order valence-electron chi connectivity index (χ0n) is 17.6. The van der Waals surface area contributed by atoms with Crippen LogP contribution in [0.4, 0.5) is 19.0 Å². The first-order chi connectivity index (χ1) is 15.2. The number of tetrazole rings is 1. The molecule has 3 heterocycles. The second-order valence-electron chi connectivity index (χ2n) is 7.45. The van der Waals surface area contributed by atoms with Crippen LogP contribution in [0.3, 0.4) is 0 Å². The average molecular weight is 444 g/mol. The van der Waals surface area contributed by atoms with Gasteiger partial charge in [-0.25, -0.2) is 23.1 Å². The molecule has 1 aromatic carbocycles. The van der Waals surface area contributed by atoms with Crippen LogP contribution in [0, 0.1) is 12.7 Å². The lowest BCUT2D eigenvalue weighted by atomic mass is 10.0. The monoisotopic (exact) mass is 444 g/mol. The number of pyridine rings is 1. The van der Waals surface area contributed by atoms with Crippen molar-refractivity contribution in [2.45, 2.75) is 26.3 Å². The van der Waals surface area contributed by atoms with Crippen LogP contribution in [-0.4, -0.2) is 54.9 Å². The summed E-state index contributed by atoms with van der Waals surface area (Å²) in [6.45, 7) is 3.28. The Hall–Kier alpha value is -3.83. The Balaban J connectivity index is 1.87. The SMILES string of the molecule is Cc1nc(N[C@H](C)c2cccc(C(F)F)c2F)c2cc(C(=O)N(C)C)c3nnnn3c2n1. The summed E-state index contributed by atoms with van der Waals surface area (Å²) in [6.07, 6.45) is -2.93. The molecule has 0 saturated heterocycles. The Bertz CT molecular complexity index is 1340. The van der Waals surface area contributed by atoms with Gasteiger partial charge < -0.3 is 10.2 Å². The second-order valence-corrected chi connectivity index (χ2v) is 7.45. The molecule has 0 aliphatic carbocycles. The lowest BCUT2D eigenvalue weighted by Gasteiger charge is -2.19. The first kappa shape index (κ1) is 21.4.